The van der Waals surface area contributed by atoms with Gasteiger partial charge in [0, 0.05) is 43.7 Å². The lowest BCUT2D eigenvalue weighted by Gasteiger charge is -2.33. The van der Waals surface area contributed by atoms with Gasteiger partial charge in [0.15, 0.2) is 0 Å². The number of nitrogens with zero attached hydrogens (tertiary/aromatic N) is 2. The zero-order valence-electron chi connectivity index (χ0n) is 20.5. The van der Waals surface area contributed by atoms with Crippen LogP contribution in [0.25, 0.3) is 6.08 Å². The number of alkyl halides is 3. The van der Waals surface area contributed by atoms with Gasteiger partial charge in [0.25, 0.3) is 0 Å². The predicted molar refractivity (Wildman–Crippen MR) is 138 cm³/mol. The normalized spacial score (nSPS) is 14.5. The number of anilines is 1. The monoisotopic (exact) mass is 516 g/mol. The predicted octanol–water partition coefficient (Wildman–Crippen LogP) is 3.83. The maximum Gasteiger partial charge on any atom is 0.420 e. The number of ether oxygens (including phenoxy) is 1. The molecule has 0 bridgehead atoms. The minimum absolute atomic E-state index is 0.0806. The van der Waals surface area contributed by atoms with E-state index in [1.165, 1.54) is 17.0 Å². The zero-order valence-corrected chi connectivity index (χ0v) is 20.5. The molecule has 0 spiro atoms. The highest BCUT2D eigenvalue weighted by Gasteiger charge is 2.36. The quantitative estimate of drug-likeness (QED) is 0.297. The fourth-order valence-corrected chi connectivity index (χ4v) is 4.10. The van der Waals surface area contributed by atoms with Crippen LogP contribution in [0.15, 0.2) is 48.5 Å². The highest BCUT2D eigenvalue weighted by Crippen LogP contribution is 2.39. The molecule has 0 atom stereocenters. The second-order valence-electron chi connectivity index (χ2n) is 8.86. The van der Waals surface area contributed by atoms with E-state index < -0.39 is 23.8 Å². The van der Waals surface area contributed by atoms with Gasteiger partial charge in [0.2, 0.25) is 5.91 Å². The molecule has 0 aliphatic carbocycles. The second-order valence-corrected chi connectivity index (χ2v) is 8.86. The lowest BCUT2D eigenvalue weighted by Crippen LogP contribution is -2.40. The summed E-state index contributed by atoms with van der Waals surface area (Å²) in [4.78, 5) is 15.0. The molecular formula is C26H31F3N6O2. The van der Waals surface area contributed by atoms with E-state index in [0.29, 0.717) is 37.3 Å². The van der Waals surface area contributed by atoms with Crippen LogP contribution in [-0.2, 0) is 11.0 Å². The first-order valence-electron chi connectivity index (χ1n) is 11.8. The summed E-state index contributed by atoms with van der Waals surface area (Å²) < 4.78 is 47.7. The Balaban J connectivity index is 1.81. The number of benzene rings is 2. The van der Waals surface area contributed by atoms with Crippen LogP contribution in [-0.4, -0.2) is 54.8 Å². The summed E-state index contributed by atoms with van der Waals surface area (Å²) in [6, 6.07) is 10.7. The van der Waals surface area contributed by atoms with E-state index in [1.807, 2.05) is 4.90 Å². The molecule has 6 N–H and O–H groups in total. The van der Waals surface area contributed by atoms with Crippen LogP contribution >= 0.6 is 0 Å². The number of carbonyl (C=O) groups excluding carboxylic acids is 1. The van der Waals surface area contributed by atoms with Crippen molar-refractivity contribution in [2.24, 2.45) is 11.5 Å². The third-order valence-corrected chi connectivity index (χ3v) is 6.02. The van der Waals surface area contributed by atoms with E-state index in [9.17, 15) is 18.0 Å². The smallest absolute Gasteiger partial charge is 0.420 e. The maximum absolute atomic E-state index is 14.0. The van der Waals surface area contributed by atoms with Gasteiger partial charge in [0.05, 0.1) is 17.9 Å². The second kappa shape index (κ2) is 11.8. The molecule has 1 heterocycles. The third kappa shape index (κ3) is 7.73. The molecule has 0 unspecified atom stereocenters. The standard InChI is InChI=1S/C26H31F3N6O2/c1-17(30)34-12-9-21(10-13-34)37-23-8-7-20(15-22(23)26(27,28)29)35(16-24(31)36)11-3-5-18-4-2-6-19(14-18)25(32)33/h2-8,14-15,21,30H,9-13,16H2,1H3,(H2,31,36)(H3,32,33). The molecule has 37 heavy (non-hydrogen) atoms. The molecule has 11 heteroatoms. The van der Waals surface area contributed by atoms with Crippen LogP contribution in [0.1, 0.15) is 36.5 Å². The lowest BCUT2D eigenvalue weighted by molar-refractivity contribution is -0.139. The van der Waals surface area contributed by atoms with Crippen LogP contribution in [0.2, 0.25) is 0 Å². The van der Waals surface area contributed by atoms with Crippen molar-refractivity contribution in [2.75, 3.05) is 31.1 Å². The molecule has 1 aliphatic heterocycles. The van der Waals surface area contributed by atoms with Crippen molar-refractivity contribution in [3.8, 4) is 5.75 Å². The fraction of sp³-hybridized carbons (Fsp3) is 0.346. The Morgan fingerprint density at radius 2 is 1.86 bits per heavy atom. The van der Waals surface area contributed by atoms with Crippen LogP contribution in [0.3, 0.4) is 0 Å². The average molecular weight is 517 g/mol. The molecule has 1 aliphatic rings. The summed E-state index contributed by atoms with van der Waals surface area (Å²) in [5.41, 5.74) is 11.4. The molecule has 0 saturated carbocycles. The summed E-state index contributed by atoms with van der Waals surface area (Å²) in [5, 5.41) is 15.3. The summed E-state index contributed by atoms with van der Waals surface area (Å²) in [5.74, 6) is -0.608. The summed E-state index contributed by atoms with van der Waals surface area (Å²) >= 11 is 0. The van der Waals surface area contributed by atoms with Crippen molar-refractivity contribution in [1.82, 2.24) is 4.90 Å². The topological polar surface area (TPSA) is 133 Å². The lowest BCUT2D eigenvalue weighted by atomic mass is 10.1. The van der Waals surface area contributed by atoms with E-state index in [1.54, 1.807) is 43.3 Å². The Bertz CT molecular complexity index is 1170. The van der Waals surface area contributed by atoms with Crippen molar-refractivity contribution in [1.29, 1.82) is 10.8 Å². The van der Waals surface area contributed by atoms with E-state index in [2.05, 4.69) is 0 Å². The van der Waals surface area contributed by atoms with Gasteiger partial charge < -0.3 is 26.0 Å². The Morgan fingerprint density at radius 3 is 2.46 bits per heavy atom. The highest BCUT2D eigenvalue weighted by molar-refractivity contribution is 5.95. The Labute approximate surface area is 213 Å². The molecular weight excluding hydrogens is 485 g/mol. The molecule has 0 radical (unpaired) electrons. The van der Waals surface area contributed by atoms with Crippen molar-refractivity contribution in [3.05, 3.63) is 65.2 Å². The number of piperidine rings is 1. The van der Waals surface area contributed by atoms with Crippen LogP contribution in [0, 0.1) is 10.8 Å². The summed E-state index contributed by atoms with van der Waals surface area (Å²) in [6.45, 7) is 2.61. The zero-order chi connectivity index (χ0) is 27.2. The number of amidine groups is 2. The number of halogens is 3. The van der Waals surface area contributed by atoms with Gasteiger partial charge in [-0.1, -0.05) is 30.4 Å². The average Bonchev–Trinajstić information content (AvgIpc) is 2.83. The Morgan fingerprint density at radius 1 is 1.16 bits per heavy atom. The first kappa shape index (κ1) is 27.6. The van der Waals surface area contributed by atoms with Crippen molar-refractivity contribution in [3.63, 3.8) is 0 Å². The first-order chi connectivity index (χ1) is 17.4. The van der Waals surface area contributed by atoms with E-state index in [0.717, 1.165) is 11.6 Å². The molecule has 3 rings (SSSR count). The van der Waals surface area contributed by atoms with Gasteiger partial charge >= 0.3 is 6.18 Å². The first-order valence-corrected chi connectivity index (χ1v) is 11.8. The number of carbonyl (C=O) groups is 1. The largest absolute Gasteiger partial charge is 0.490 e. The van der Waals surface area contributed by atoms with E-state index in [-0.39, 0.29) is 30.4 Å². The number of primary amides is 1. The molecule has 2 aromatic rings. The van der Waals surface area contributed by atoms with E-state index in [4.69, 9.17) is 27.0 Å². The molecule has 1 amide bonds. The number of hydrogen-bond donors (Lipinski definition) is 4. The van der Waals surface area contributed by atoms with Gasteiger partial charge in [0.1, 0.15) is 17.7 Å². The van der Waals surface area contributed by atoms with Crippen LogP contribution < -0.4 is 21.1 Å². The molecule has 198 valence electrons. The van der Waals surface area contributed by atoms with Gasteiger partial charge in [-0.3, -0.25) is 15.6 Å². The van der Waals surface area contributed by atoms with Gasteiger partial charge in [-0.15, -0.1) is 0 Å². The van der Waals surface area contributed by atoms with Crippen molar-refractivity contribution in [2.45, 2.75) is 32.0 Å². The minimum atomic E-state index is -4.67. The summed E-state index contributed by atoms with van der Waals surface area (Å²) in [7, 11) is 0. The highest BCUT2D eigenvalue weighted by atomic mass is 19.4. The molecule has 2 aromatic carbocycles. The Kier molecular flexibility index (Phi) is 8.80. The number of nitrogens with two attached hydrogens (primary N) is 2. The van der Waals surface area contributed by atoms with Gasteiger partial charge in [-0.25, -0.2) is 0 Å². The fourth-order valence-electron chi connectivity index (χ4n) is 4.10. The molecule has 0 aromatic heterocycles. The number of nitrogen functional groups attached to an aromatic ring is 1. The number of amides is 1. The minimum Gasteiger partial charge on any atom is -0.490 e. The summed E-state index contributed by atoms with van der Waals surface area (Å²) in [6.07, 6.45) is -0.613. The van der Waals surface area contributed by atoms with Crippen molar-refractivity contribution >= 4 is 29.3 Å². The molecule has 8 nitrogen and oxygen atoms in total. The molecule has 1 fully saturated rings. The van der Waals surface area contributed by atoms with Crippen LogP contribution in [0.4, 0.5) is 18.9 Å². The van der Waals surface area contributed by atoms with E-state index >= 15 is 0 Å². The maximum atomic E-state index is 14.0. The third-order valence-electron chi connectivity index (χ3n) is 6.02. The van der Waals surface area contributed by atoms with Crippen LogP contribution in [0.5, 0.6) is 5.75 Å². The number of hydrogen-bond acceptors (Lipinski definition) is 5. The van der Waals surface area contributed by atoms with Gasteiger partial charge in [-0.05, 0) is 36.8 Å². The van der Waals surface area contributed by atoms with Crippen molar-refractivity contribution < 1.29 is 22.7 Å². The Hall–Kier alpha value is -4.02. The number of rotatable bonds is 9. The molecule has 1 saturated heterocycles. The number of nitrogens with one attached hydrogen (secondary N) is 2. The SMILES string of the molecule is CC(=N)N1CCC(Oc2ccc(N(CC=Cc3cccc(C(=N)N)c3)CC(N)=O)cc2C(F)(F)F)CC1. The van der Waals surface area contributed by atoms with Gasteiger partial charge in [-0.2, -0.15) is 13.2 Å². The number of likely N-dealkylation sites (tertiary alicyclic amines) is 1.